The van der Waals surface area contributed by atoms with Crippen LogP contribution in [0.25, 0.3) is 11.2 Å². The molecule has 0 aliphatic carbocycles. The lowest BCUT2D eigenvalue weighted by molar-refractivity contribution is 0.279. The third kappa shape index (κ3) is 2.72. The average Bonchev–Trinajstić information content (AvgIpc) is 2.63. The van der Waals surface area contributed by atoms with Crippen molar-refractivity contribution in [2.24, 2.45) is 0 Å². The lowest BCUT2D eigenvalue weighted by Crippen LogP contribution is -2.13. The number of aliphatic hydroxyl groups excluding tert-OH is 1. The minimum Gasteiger partial charge on any atom is -0.396 e. The van der Waals surface area contributed by atoms with E-state index in [9.17, 15) is 0 Å². The second kappa shape index (κ2) is 5.21. The first-order valence-electron chi connectivity index (χ1n) is 5.44. The molecule has 7 heteroatoms. The summed E-state index contributed by atoms with van der Waals surface area (Å²) in [4.78, 5) is 8.63. The predicted octanol–water partition coefficient (Wildman–Crippen LogP) is 2.95. The quantitative estimate of drug-likeness (QED) is 0.887. The molecule has 0 saturated heterocycles. The van der Waals surface area contributed by atoms with Crippen LogP contribution in [0.4, 0.5) is 0 Å². The van der Waals surface area contributed by atoms with Crippen molar-refractivity contribution >= 4 is 46.0 Å². The summed E-state index contributed by atoms with van der Waals surface area (Å²) in [5, 5.41) is 8.92. The van der Waals surface area contributed by atoms with Crippen molar-refractivity contribution in [3.05, 3.63) is 23.7 Å². The van der Waals surface area contributed by atoms with Gasteiger partial charge in [0.05, 0.1) is 0 Å². The highest BCUT2D eigenvalue weighted by atomic mass is 35.6. The molecule has 4 nitrogen and oxygen atoms in total. The molecule has 0 aliphatic rings. The molecule has 0 spiro atoms. The van der Waals surface area contributed by atoms with Gasteiger partial charge in [0.2, 0.25) is 3.79 Å². The number of hydrogen-bond donors (Lipinski definition) is 1. The molecule has 0 bridgehead atoms. The Bertz CT molecular complexity index is 562. The molecule has 1 N–H and O–H groups in total. The van der Waals surface area contributed by atoms with E-state index in [0.717, 1.165) is 5.56 Å². The van der Waals surface area contributed by atoms with Crippen LogP contribution in [0.15, 0.2) is 12.3 Å². The van der Waals surface area contributed by atoms with Crippen molar-refractivity contribution in [2.75, 3.05) is 6.61 Å². The van der Waals surface area contributed by atoms with E-state index in [1.54, 1.807) is 10.8 Å². The third-order valence-electron chi connectivity index (χ3n) is 2.52. The van der Waals surface area contributed by atoms with Crippen LogP contribution < -0.4 is 0 Å². The maximum absolute atomic E-state index is 8.92. The van der Waals surface area contributed by atoms with Gasteiger partial charge in [-0.05, 0) is 25.0 Å². The van der Waals surface area contributed by atoms with E-state index in [-0.39, 0.29) is 6.61 Å². The minimum atomic E-state index is -1.61. The minimum absolute atomic E-state index is 0.0603. The Morgan fingerprint density at radius 2 is 2.11 bits per heavy atom. The fourth-order valence-corrected chi connectivity index (χ4v) is 2.20. The van der Waals surface area contributed by atoms with Gasteiger partial charge in [0, 0.05) is 19.3 Å². The second-order valence-corrected chi connectivity index (χ2v) is 6.30. The molecule has 2 aromatic rings. The molecule has 0 fully saturated rings. The molecule has 0 saturated carbocycles. The molecule has 0 atom stereocenters. The van der Waals surface area contributed by atoms with Gasteiger partial charge in [-0.15, -0.1) is 0 Å². The van der Waals surface area contributed by atoms with Gasteiger partial charge < -0.3 is 9.67 Å². The highest BCUT2D eigenvalue weighted by Gasteiger charge is 2.30. The van der Waals surface area contributed by atoms with Crippen molar-refractivity contribution in [3.63, 3.8) is 0 Å². The van der Waals surface area contributed by atoms with Crippen LogP contribution >= 0.6 is 34.8 Å². The zero-order valence-corrected chi connectivity index (χ0v) is 12.0. The Kier molecular flexibility index (Phi) is 4.02. The van der Waals surface area contributed by atoms with Crippen molar-refractivity contribution in [2.45, 2.75) is 23.7 Å². The highest BCUT2D eigenvalue weighted by molar-refractivity contribution is 6.66. The normalized spacial score (nSPS) is 12.3. The molecule has 0 amide bonds. The van der Waals surface area contributed by atoms with Gasteiger partial charge in [-0.25, -0.2) is 9.97 Å². The van der Waals surface area contributed by atoms with Gasteiger partial charge in [0.15, 0.2) is 11.5 Å². The Morgan fingerprint density at radius 1 is 1.39 bits per heavy atom. The van der Waals surface area contributed by atoms with Gasteiger partial charge in [-0.3, -0.25) is 0 Å². The van der Waals surface area contributed by atoms with E-state index < -0.39 is 3.79 Å². The molecule has 0 aromatic carbocycles. The first-order chi connectivity index (χ1) is 8.43. The highest BCUT2D eigenvalue weighted by Crippen LogP contribution is 2.38. The Hall–Kier alpha value is -0.550. The standard InChI is InChI=1S/C11H12Cl3N3O/c1-7-5-8-9(15-6-7)17(3-2-4-18)10(16-8)11(12,13)14/h5-6,18H,2-4H2,1H3. The van der Waals surface area contributed by atoms with Crippen molar-refractivity contribution < 1.29 is 5.11 Å². The van der Waals surface area contributed by atoms with Gasteiger partial charge in [0.1, 0.15) is 5.52 Å². The molecule has 0 unspecified atom stereocenters. The number of rotatable bonds is 3. The number of aryl methyl sites for hydroxylation is 2. The lowest BCUT2D eigenvalue weighted by Gasteiger charge is -2.13. The number of hydrogen-bond acceptors (Lipinski definition) is 3. The zero-order valence-electron chi connectivity index (χ0n) is 9.70. The van der Waals surface area contributed by atoms with Crippen LogP contribution in [0.1, 0.15) is 17.8 Å². The number of halogens is 3. The van der Waals surface area contributed by atoms with E-state index in [2.05, 4.69) is 9.97 Å². The smallest absolute Gasteiger partial charge is 0.248 e. The largest absolute Gasteiger partial charge is 0.396 e. The average molecular weight is 309 g/mol. The van der Waals surface area contributed by atoms with E-state index in [1.807, 2.05) is 13.0 Å². The Labute approximate surface area is 120 Å². The van der Waals surface area contributed by atoms with Crippen molar-refractivity contribution in [1.82, 2.24) is 14.5 Å². The van der Waals surface area contributed by atoms with E-state index in [0.29, 0.717) is 30.0 Å². The molecule has 2 heterocycles. The van der Waals surface area contributed by atoms with Crippen LogP contribution in [-0.4, -0.2) is 26.2 Å². The van der Waals surface area contributed by atoms with Crippen LogP contribution in [0.3, 0.4) is 0 Å². The SMILES string of the molecule is Cc1cnc2c(c1)nc(C(Cl)(Cl)Cl)n2CCCO. The van der Waals surface area contributed by atoms with Crippen LogP contribution in [0.2, 0.25) is 0 Å². The molecule has 18 heavy (non-hydrogen) atoms. The zero-order chi connectivity index (χ0) is 13.3. The number of pyridine rings is 1. The van der Waals surface area contributed by atoms with Crippen molar-refractivity contribution in [3.8, 4) is 0 Å². The fraction of sp³-hybridized carbons (Fsp3) is 0.455. The monoisotopic (exact) mass is 307 g/mol. The van der Waals surface area contributed by atoms with Crippen LogP contribution in [-0.2, 0) is 10.3 Å². The molecule has 2 rings (SSSR count). The number of imidazole rings is 1. The summed E-state index contributed by atoms with van der Waals surface area (Å²) in [6.45, 7) is 2.49. The number of nitrogens with zero attached hydrogens (tertiary/aromatic N) is 3. The summed E-state index contributed by atoms with van der Waals surface area (Å²) in [5.41, 5.74) is 2.34. The molecule has 98 valence electrons. The first kappa shape index (κ1) is 13.9. The van der Waals surface area contributed by atoms with Crippen LogP contribution in [0, 0.1) is 6.92 Å². The Balaban J connectivity index is 2.60. The van der Waals surface area contributed by atoms with Gasteiger partial charge >= 0.3 is 0 Å². The summed E-state index contributed by atoms with van der Waals surface area (Å²) in [6, 6.07) is 1.89. The van der Waals surface area contributed by atoms with Gasteiger partial charge in [-0.2, -0.15) is 0 Å². The third-order valence-corrected chi connectivity index (χ3v) is 3.02. The number of alkyl halides is 3. The van der Waals surface area contributed by atoms with Crippen molar-refractivity contribution in [1.29, 1.82) is 0 Å². The molecular formula is C11H12Cl3N3O. The molecule has 2 aromatic heterocycles. The summed E-state index contributed by atoms with van der Waals surface area (Å²) in [5.74, 6) is 0.328. The van der Waals surface area contributed by atoms with E-state index in [4.69, 9.17) is 39.9 Å². The van der Waals surface area contributed by atoms with E-state index >= 15 is 0 Å². The summed E-state index contributed by atoms with van der Waals surface area (Å²) in [6.07, 6.45) is 2.29. The fourth-order valence-electron chi connectivity index (χ4n) is 1.77. The lowest BCUT2D eigenvalue weighted by atomic mass is 10.3. The summed E-state index contributed by atoms with van der Waals surface area (Å²) >= 11 is 17.7. The van der Waals surface area contributed by atoms with Gasteiger partial charge in [0.25, 0.3) is 0 Å². The molecule has 0 radical (unpaired) electrons. The number of fused-ring (bicyclic) bond motifs is 1. The second-order valence-electron chi connectivity index (χ2n) is 4.02. The summed E-state index contributed by atoms with van der Waals surface area (Å²) in [7, 11) is 0. The first-order valence-corrected chi connectivity index (χ1v) is 6.58. The van der Waals surface area contributed by atoms with Gasteiger partial charge in [-0.1, -0.05) is 34.8 Å². The number of aliphatic hydroxyl groups is 1. The number of aromatic nitrogens is 3. The maximum atomic E-state index is 8.92. The topological polar surface area (TPSA) is 50.9 Å². The Morgan fingerprint density at radius 3 is 2.72 bits per heavy atom. The maximum Gasteiger partial charge on any atom is 0.248 e. The van der Waals surface area contributed by atoms with E-state index in [1.165, 1.54) is 0 Å². The molecule has 0 aliphatic heterocycles. The predicted molar refractivity (Wildman–Crippen MR) is 73.2 cm³/mol. The summed E-state index contributed by atoms with van der Waals surface area (Å²) < 4.78 is 0.127. The molecular weight excluding hydrogens is 297 g/mol. The van der Waals surface area contributed by atoms with Crippen LogP contribution in [0.5, 0.6) is 0 Å².